The molecule has 0 unspecified atom stereocenters. The summed E-state index contributed by atoms with van der Waals surface area (Å²) in [5, 5.41) is 0. The molecular weight excluding hydrogens is 240 g/mol. The molecule has 0 heterocycles. The molecule has 4 bridgehead atoms. The van der Waals surface area contributed by atoms with Gasteiger partial charge in [0.2, 0.25) is 0 Å². The topological polar surface area (TPSA) is 0 Å². The fourth-order valence-electron chi connectivity index (χ4n) is 5.32. The lowest BCUT2D eigenvalue weighted by molar-refractivity contribution is 0.576. The van der Waals surface area contributed by atoms with Crippen LogP contribution in [0.5, 0.6) is 0 Å². The number of fused-ring (bicyclic) bond motifs is 4. The first-order valence-electron chi connectivity index (χ1n) is 8.33. The van der Waals surface area contributed by atoms with Crippen LogP contribution in [0.25, 0.3) is 0 Å². The van der Waals surface area contributed by atoms with E-state index in [1.165, 1.54) is 25.7 Å². The zero-order valence-electron chi connectivity index (χ0n) is 11.9. The molecule has 2 saturated carbocycles. The molecule has 1 aromatic carbocycles. The van der Waals surface area contributed by atoms with Crippen LogP contribution < -0.4 is 0 Å². The second-order valence-electron chi connectivity index (χ2n) is 7.44. The fourth-order valence-corrected chi connectivity index (χ4v) is 5.32. The van der Waals surface area contributed by atoms with Gasteiger partial charge in [0.25, 0.3) is 0 Å². The minimum Gasteiger partial charge on any atom is -0.0851 e. The van der Waals surface area contributed by atoms with Crippen molar-refractivity contribution in [3.05, 3.63) is 59.7 Å². The number of benzene rings is 1. The highest BCUT2D eigenvalue weighted by Gasteiger charge is 2.38. The molecule has 4 aliphatic rings. The van der Waals surface area contributed by atoms with Crippen molar-refractivity contribution in [1.29, 1.82) is 0 Å². The molecule has 0 saturated heterocycles. The standard InChI is InChI=1S/C20H22/c1-3-17-9-13(1)11-19(17)15-5-7-16(8-6-15)20-12-14-2-4-18(20)10-14/h1-8,13-14,17-20H,9-12H2/t13-,14-,17+,18+,19-,20-/m0/s1. The van der Waals surface area contributed by atoms with Crippen molar-refractivity contribution in [1.82, 2.24) is 0 Å². The van der Waals surface area contributed by atoms with Crippen molar-refractivity contribution >= 4 is 0 Å². The van der Waals surface area contributed by atoms with Crippen LogP contribution in [0.4, 0.5) is 0 Å². The van der Waals surface area contributed by atoms with Crippen molar-refractivity contribution in [3.8, 4) is 0 Å². The van der Waals surface area contributed by atoms with Gasteiger partial charge in [-0.3, -0.25) is 0 Å². The van der Waals surface area contributed by atoms with E-state index in [0.717, 1.165) is 35.5 Å². The van der Waals surface area contributed by atoms with Gasteiger partial charge in [-0.1, -0.05) is 48.6 Å². The van der Waals surface area contributed by atoms with E-state index >= 15 is 0 Å². The molecule has 5 rings (SSSR count). The Hall–Kier alpha value is -1.30. The van der Waals surface area contributed by atoms with E-state index in [4.69, 9.17) is 0 Å². The zero-order valence-corrected chi connectivity index (χ0v) is 11.9. The number of hydrogen-bond donors (Lipinski definition) is 0. The molecule has 0 aliphatic heterocycles. The monoisotopic (exact) mass is 262 g/mol. The molecule has 6 atom stereocenters. The van der Waals surface area contributed by atoms with Crippen LogP contribution in [0.2, 0.25) is 0 Å². The normalized spacial score (nSPS) is 43.8. The van der Waals surface area contributed by atoms with Crippen molar-refractivity contribution in [2.45, 2.75) is 37.5 Å². The molecule has 2 fully saturated rings. The SMILES string of the molecule is C1=C[C@@H]2C[C@H]1C[C@H]2c1ccc([C@@H]2C[C@H]3C=C[C@@H]2C3)cc1. The van der Waals surface area contributed by atoms with E-state index < -0.39 is 0 Å². The highest BCUT2D eigenvalue weighted by atomic mass is 14.4. The maximum atomic E-state index is 2.47. The predicted molar refractivity (Wildman–Crippen MR) is 82.6 cm³/mol. The Morgan fingerprint density at radius 2 is 1.00 bits per heavy atom. The smallest absolute Gasteiger partial charge is 0.00932 e. The lowest BCUT2D eigenvalue weighted by Gasteiger charge is -2.21. The second-order valence-corrected chi connectivity index (χ2v) is 7.44. The summed E-state index contributed by atoms with van der Waals surface area (Å²) in [6.07, 6.45) is 15.4. The first-order valence-corrected chi connectivity index (χ1v) is 8.33. The van der Waals surface area contributed by atoms with Gasteiger partial charge in [0.05, 0.1) is 0 Å². The number of allylic oxidation sites excluding steroid dienone is 4. The van der Waals surface area contributed by atoms with Crippen LogP contribution in [0.1, 0.15) is 48.6 Å². The molecule has 0 spiro atoms. The van der Waals surface area contributed by atoms with E-state index in [1.807, 2.05) is 0 Å². The third-order valence-corrected chi connectivity index (χ3v) is 6.35. The summed E-state index contributed by atoms with van der Waals surface area (Å²) < 4.78 is 0. The maximum Gasteiger partial charge on any atom is -0.00932 e. The van der Waals surface area contributed by atoms with Gasteiger partial charge < -0.3 is 0 Å². The minimum atomic E-state index is 0.805. The van der Waals surface area contributed by atoms with Gasteiger partial charge in [-0.2, -0.15) is 0 Å². The van der Waals surface area contributed by atoms with Gasteiger partial charge in [0.1, 0.15) is 0 Å². The molecule has 0 nitrogen and oxygen atoms in total. The number of rotatable bonds is 2. The van der Waals surface area contributed by atoms with E-state index in [0.29, 0.717) is 0 Å². The summed E-state index contributed by atoms with van der Waals surface area (Å²) in [7, 11) is 0. The van der Waals surface area contributed by atoms with Gasteiger partial charge in [-0.15, -0.1) is 0 Å². The average Bonchev–Trinajstić information content (AvgIpc) is 3.27. The second kappa shape index (κ2) is 4.10. The molecule has 0 radical (unpaired) electrons. The summed E-state index contributed by atoms with van der Waals surface area (Å²) >= 11 is 0. The molecular formula is C20H22. The molecule has 4 aliphatic carbocycles. The third kappa shape index (κ3) is 1.60. The van der Waals surface area contributed by atoms with Gasteiger partial charge in [-0.05, 0) is 72.3 Å². The van der Waals surface area contributed by atoms with Crippen LogP contribution in [0.3, 0.4) is 0 Å². The van der Waals surface area contributed by atoms with Crippen molar-refractivity contribution in [2.24, 2.45) is 23.7 Å². The quantitative estimate of drug-likeness (QED) is 0.655. The fraction of sp³-hybridized carbons (Fsp3) is 0.500. The molecule has 0 amide bonds. The van der Waals surface area contributed by atoms with Gasteiger partial charge in [-0.25, -0.2) is 0 Å². The summed E-state index contributed by atoms with van der Waals surface area (Å²) in [5.41, 5.74) is 3.17. The Morgan fingerprint density at radius 3 is 1.30 bits per heavy atom. The third-order valence-electron chi connectivity index (χ3n) is 6.35. The average molecular weight is 262 g/mol. The molecule has 102 valence electrons. The summed E-state index contributed by atoms with van der Waals surface area (Å²) in [4.78, 5) is 0. The van der Waals surface area contributed by atoms with E-state index in [1.54, 1.807) is 11.1 Å². The van der Waals surface area contributed by atoms with E-state index in [9.17, 15) is 0 Å². The Labute approximate surface area is 121 Å². The summed E-state index contributed by atoms with van der Waals surface area (Å²) in [6, 6.07) is 9.74. The first-order chi connectivity index (χ1) is 9.87. The Morgan fingerprint density at radius 1 is 0.550 bits per heavy atom. The Balaban J connectivity index is 1.39. The Kier molecular flexibility index (Phi) is 2.33. The van der Waals surface area contributed by atoms with Gasteiger partial charge >= 0.3 is 0 Å². The van der Waals surface area contributed by atoms with Gasteiger partial charge in [0, 0.05) is 0 Å². The molecule has 1 aromatic rings. The summed E-state index contributed by atoms with van der Waals surface area (Å²) in [6.45, 7) is 0. The highest BCUT2D eigenvalue weighted by Crippen LogP contribution is 2.50. The van der Waals surface area contributed by atoms with Crippen LogP contribution in [-0.2, 0) is 0 Å². The lowest BCUT2D eigenvalue weighted by Crippen LogP contribution is -2.07. The number of hydrogen-bond acceptors (Lipinski definition) is 0. The summed E-state index contributed by atoms with van der Waals surface area (Å²) in [5.74, 6) is 5.02. The largest absolute Gasteiger partial charge is 0.0851 e. The van der Waals surface area contributed by atoms with Crippen LogP contribution in [-0.4, -0.2) is 0 Å². The molecule has 0 aromatic heterocycles. The van der Waals surface area contributed by atoms with E-state index in [-0.39, 0.29) is 0 Å². The zero-order chi connectivity index (χ0) is 13.1. The van der Waals surface area contributed by atoms with Gasteiger partial charge in [0.15, 0.2) is 0 Å². The molecule has 0 N–H and O–H groups in total. The van der Waals surface area contributed by atoms with Crippen molar-refractivity contribution < 1.29 is 0 Å². The predicted octanol–water partition coefficient (Wildman–Crippen LogP) is 5.05. The molecule has 0 heteroatoms. The van der Waals surface area contributed by atoms with Crippen molar-refractivity contribution in [2.75, 3.05) is 0 Å². The molecule has 20 heavy (non-hydrogen) atoms. The highest BCUT2D eigenvalue weighted by molar-refractivity contribution is 5.34. The van der Waals surface area contributed by atoms with Crippen molar-refractivity contribution in [3.63, 3.8) is 0 Å². The van der Waals surface area contributed by atoms with Crippen LogP contribution in [0, 0.1) is 23.7 Å². The maximum absolute atomic E-state index is 2.47. The van der Waals surface area contributed by atoms with E-state index in [2.05, 4.69) is 48.6 Å². The first kappa shape index (κ1) is 11.4. The Bertz CT molecular complexity index is 524. The minimum absolute atomic E-state index is 0.805. The lowest BCUT2D eigenvalue weighted by atomic mass is 9.83. The van der Waals surface area contributed by atoms with Crippen LogP contribution >= 0.6 is 0 Å². The van der Waals surface area contributed by atoms with Crippen LogP contribution in [0.15, 0.2) is 48.6 Å².